The van der Waals surface area contributed by atoms with Gasteiger partial charge in [-0.2, -0.15) is 0 Å². The summed E-state index contributed by atoms with van der Waals surface area (Å²) >= 11 is 0. The van der Waals surface area contributed by atoms with Gasteiger partial charge >= 0.3 is 5.97 Å². The first-order valence-electron chi connectivity index (χ1n) is 16.2. The Labute approximate surface area is 272 Å². The van der Waals surface area contributed by atoms with E-state index in [-0.39, 0.29) is 35.4 Å². The van der Waals surface area contributed by atoms with E-state index >= 15 is 0 Å². The fourth-order valence-corrected chi connectivity index (χ4v) is 5.76. The first kappa shape index (κ1) is 36.6. The number of hydrogen-bond donors (Lipinski definition) is 5. The fraction of sp³-hybridized carbons (Fsp3) is 0.528. The van der Waals surface area contributed by atoms with Gasteiger partial charge in [0.05, 0.1) is 24.3 Å². The lowest BCUT2D eigenvalue weighted by Gasteiger charge is -2.29. The van der Waals surface area contributed by atoms with Crippen LogP contribution >= 0.6 is 0 Å². The number of ether oxygens (including phenoxy) is 2. The van der Waals surface area contributed by atoms with E-state index in [0.29, 0.717) is 30.4 Å². The first-order chi connectivity index (χ1) is 22.0. The van der Waals surface area contributed by atoms with Crippen molar-refractivity contribution >= 4 is 23.5 Å². The summed E-state index contributed by atoms with van der Waals surface area (Å²) in [6, 6.07) is 1.89. The molecule has 1 saturated carbocycles. The largest absolute Gasteiger partial charge is 0.508 e. The number of phenolic OH excluding ortho intramolecular Hbond substituents is 2. The molecule has 2 bridgehead atoms. The molecule has 46 heavy (non-hydrogen) atoms. The van der Waals surface area contributed by atoms with Crippen LogP contribution in [0.5, 0.6) is 11.5 Å². The molecule has 1 aromatic rings. The highest BCUT2D eigenvalue weighted by atomic mass is 16.5. The molecule has 5 atom stereocenters. The molecule has 1 aliphatic carbocycles. The quantitative estimate of drug-likeness (QED) is 0.125. The van der Waals surface area contributed by atoms with Gasteiger partial charge in [-0.25, -0.2) is 4.79 Å². The van der Waals surface area contributed by atoms with Crippen LogP contribution in [-0.4, -0.2) is 64.6 Å². The minimum absolute atomic E-state index is 0.00853. The van der Waals surface area contributed by atoms with E-state index in [0.717, 1.165) is 32.1 Å². The molecule has 0 unspecified atom stereocenters. The topological polar surface area (TPSA) is 154 Å². The maximum Gasteiger partial charge on any atom is 0.328 e. The number of phenols is 2. The predicted octanol–water partition coefficient (Wildman–Crippen LogP) is 5.39. The molecule has 1 fully saturated rings. The Morgan fingerprint density at radius 1 is 1.07 bits per heavy atom. The molecule has 0 spiro atoms. The van der Waals surface area contributed by atoms with Crippen LogP contribution in [0.25, 0.3) is 0 Å². The molecule has 0 radical (unpaired) electrons. The summed E-state index contributed by atoms with van der Waals surface area (Å²) in [4.78, 5) is 38.6. The Kier molecular flexibility index (Phi) is 14.6. The summed E-state index contributed by atoms with van der Waals surface area (Å²) in [5.74, 6) is -1.90. The second-order valence-electron chi connectivity index (χ2n) is 12.3. The van der Waals surface area contributed by atoms with Gasteiger partial charge in [-0.05, 0) is 56.7 Å². The van der Waals surface area contributed by atoms with Gasteiger partial charge in [0.2, 0.25) is 11.8 Å². The van der Waals surface area contributed by atoms with Gasteiger partial charge in [0, 0.05) is 31.4 Å². The number of amides is 2. The second-order valence-corrected chi connectivity index (χ2v) is 12.3. The lowest BCUT2D eigenvalue weighted by atomic mass is 9.88. The summed E-state index contributed by atoms with van der Waals surface area (Å²) in [6.07, 6.45) is 16.2. The highest BCUT2D eigenvalue weighted by molar-refractivity contribution is 5.93. The third-order valence-electron chi connectivity index (χ3n) is 8.69. The number of allylic oxidation sites excluding steroid dienone is 5. The van der Waals surface area contributed by atoms with E-state index in [1.165, 1.54) is 19.2 Å². The number of nitrogens with one attached hydrogen (secondary N) is 2. The average molecular weight is 639 g/mol. The predicted molar refractivity (Wildman–Crippen MR) is 177 cm³/mol. The first-order valence-corrected chi connectivity index (χ1v) is 16.2. The van der Waals surface area contributed by atoms with Crippen LogP contribution in [0.2, 0.25) is 0 Å². The normalized spacial score (nSPS) is 27.2. The van der Waals surface area contributed by atoms with E-state index in [4.69, 9.17) is 9.47 Å². The SMILES string of the molecule is CO[C@H]1C=C/C=C/C=C/C[C@H](OC(=O)[C@@H](C)NC(=O)C2CCCCC2)[C@H](C)[C@@H](O)/C(C)=C\CCc2cc(O)cc(c2O)NC(=O)C1. The van der Waals surface area contributed by atoms with Crippen LogP contribution in [0.3, 0.4) is 0 Å². The van der Waals surface area contributed by atoms with Crippen molar-refractivity contribution in [1.82, 2.24) is 5.32 Å². The van der Waals surface area contributed by atoms with Gasteiger partial charge in [-0.1, -0.05) is 68.7 Å². The fourth-order valence-electron chi connectivity index (χ4n) is 5.76. The molecule has 10 nitrogen and oxygen atoms in total. The number of hydrogen-bond acceptors (Lipinski definition) is 8. The molecular formula is C36H50N2O8. The molecule has 10 heteroatoms. The Hall–Kier alpha value is -3.89. The van der Waals surface area contributed by atoms with E-state index in [2.05, 4.69) is 10.6 Å². The number of aromatic hydroxyl groups is 2. The van der Waals surface area contributed by atoms with E-state index in [1.807, 2.05) is 19.1 Å². The zero-order valence-electron chi connectivity index (χ0n) is 27.4. The van der Waals surface area contributed by atoms with Crippen molar-refractivity contribution in [2.24, 2.45) is 11.8 Å². The Morgan fingerprint density at radius 2 is 1.78 bits per heavy atom. The number of aliphatic hydroxyl groups is 1. The van der Waals surface area contributed by atoms with Crippen LogP contribution in [0, 0.1) is 11.8 Å². The van der Waals surface area contributed by atoms with Crippen molar-refractivity contribution < 1.29 is 39.2 Å². The third-order valence-corrected chi connectivity index (χ3v) is 8.69. The molecule has 1 heterocycles. The zero-order valence-corrected chi connectivity index (χ0v) is 27.4. The molecule has 2 aliphatic rings. The maximum absolute atomic E-state index is 13.1. The third kappa shape index (κ3) is 11.2. The highest BCUT2D eigenvalue weighted by Crippen LogP contribution is 2.34. The second kappa shape index (κ2) is 18.3. The van der Waals surface area contributed by atoms with Crippen LogP contribution in [-0.2, 0) is 30.3 Å². The lowest BCUT2D eigenvalue weighted by Crippen LogP contribution is -2.45. The lowest BCUT2D eigenvalue weighted by molar-refractivity contribution is -0.156. The van der Waals surface area contributed by atoms with Crippen molar-refractivity contribution in [3.63, 3.8) is 0 Å². The monoisotopic (exact) mass is 638 g/mol. The number of rotatable bonds is 5. The number of benzene rings is 1. The van der Waals surface area contributed by atoms with Crippen LogP contribution < -0.4 is 10.6 Å². The van der Waals surface area contributed by atoms with Crippen molar-refractivity contribution in [2.75, 3.05) is 12.4 Å². The molecule has 1 aliphatic heterocycles. The zero-order chi connectivity index (χ0) is 33.6. The van der Waals surface area contributed by atoms with Crippen molar-refractivity contribution in [3.05, 3.63) is 65.8 Å². The van der Waals surface area contributed by atoms with E-state index < -0.39 is 42.1 Å². The summed E-state index contributed by atoms with van der Waals surface area (Å²) < 4.78 is 11.3. The number of aliphatic hydroxyl groups excluding tert-OH is 1. The van der Waals surface area contributed by atoms with Gasteiger partial charge in [0.15, 0.2) is 0 Å². The van der Waals surface area contributed by atoms with Crippen LogP contribution in [0.1, 0.15) is 77.7 Å². The molecular weight excluding hydrogens is 588 g/mol. The highest BCUT2D eigenvalue weighted by Gasteiger charge is 2.31. The molecule has 1 aromatic carbocycles. The number of esters is 1. The number of aryl methyl sites for hydroxylation is 1. The molecule has 0 saturated heterocycles. The summed E-state index contributed by atoms with van der Waals surface area (Å²) in [5.41, 5.74) is 1.19. The van der Waals surface area contributed by atoms with Gasteiger partial charge in [-0.15, -0.1) is 0 Å². The number of anilines is 1. The molecule has 0 aromatic heterocycles. The average Bonchev–Trinajstić information content (AvgIpc) is 3.04. The molecule has 5 N–H and O–H groups in total. The number of carbonyl (C=O) groups excluding carboxylic acids is 3. The Morgan fingerprint density at radius 3 is 2.50 bits per heavy atom. The number of fused-ring (bicyclic) bond motifs is 2. The molecule has 3 rings (SSSR count). The van der Waals surface area contributed by atoms with Gasteiger partial charge in [-0.3, -0.25) is 9.59 Å². The van der Waals surface area contributed by atoms with Gasteiger partial charge in [0.1, 0.15) is 23.6 Å². The van der Waals surface area contributed by atoms with Crippen molar-refractivity contribution in [3.8, 4) is 11.5 Å². The number of methoxy groups -OCH3 is 1. The minimum Gasteiger partial charge on any atom is -0.508 e. The van der Waals surface area contributed by atoms with Crippen molar-refractivity contribution in [1.29, 1.82) is 0 Å². The summed E-state index contributed by atoms with van der Waals surface area (Å²) in [7, 11) is 1.49. The van der Waals surface area contributed by atoms with Crippen LogP contribution in [0.15, 0.2) is 60.2 Å². The van der Waals surface area contributed by atoms with Gasteiger partial charge < -0.3 is 35.4 Å². The van der Waals surface area contributed by atoms with Crippen LogP contribution in [0.4, 0.5) is 5.69 Å². The van der Waals surface area contributed by atoms with E-state index in [9.17, 15) is 29.7 Å². The standard InChI is InChI=1S/C36H50N2O8/c1-23-14-13-17-27-20-28(39)21-30(34(27)42)38-32(40)22-29(45-4)18-11-6-5-7-12-19-31(24(2)33(23)41)46-36(44)25(3)37-35(43)26-15-9-8-10-16-26/h5-7,11-12,14,18,20-21,24-26,29,31,33,39,41-42H,8-10,13,15-17,19,22H2,1-4H3,(H,37,43)(H,38,40)/b6-5+,12-7+,18-11?,23-14-/t24-,25+,29-,31-,33-/m0/s1. The Bertz CT molecular complexity index is 1310. The Balaban J connectivity index is 1.82. The van der Waals surface area contributed by atoms with E-state index in [1.54, 1.807) is 44.2 Å². The number of carbonyl (C=O) groups is 3. The summed E-state index contributed by atoms with van der Waals surface area (Å²) in [6.45, 7) is 5.22. The van der Waals surface area contributed by atoms with Gasteiger partial charge in [0.25, 0.3) is 0 Å². The maximum atomic E-state index is 13.1. The smallest absolute Gasteiger partial charge is 0.328 e. The minimum atomic E-state index is -0.940. The molecule has 2 amide bonds. The van der Waals surface area contributed by atoms with Crippen molar-refractivity contribution in [2.45, 2.75) is 103 Å². The molecule has 252 valence electrons. The summed E-state index contributed by atoms with van der Waals surface area (Å²) in [5, 5.41) is 37.8.